The molecule has 0 radical (unpaired) electrons. The van der Waals surface area contributed by atoms with E-state index >= 15 is 0 Å². The number of ether oxygens (including phenoxy) is 2. The van der Waals surface area contributed by atoms with Crippen molar-refractivity contribution in [2.45, 2.75) is 6.54 Å². The molecule has 1 aromatic carbocycles. The SMILES string of the molecule is COc1ccc(-c2cccc(CN)n2)cc1OC. The van der Waals surface area contributed by atoms with Crippen LogP contribution in [-0.2, 0) is 6.54 Å². The van der Waals surface area contributed by atoms with Gasteiger partial charge in [-0.25, -0.2) is 0 Å². The summed E-state index contributed by atoms with van der Waals surface area (Å²) < 4.78 is 10.5. The van der Waals surface area contributed by atoms with E-state index < -0.39 is 0 Å². The third-order valence-corrected chi connectivity index (χ3v) is 2.70. The fraction of sp³-hybridized carbons (Fsp3) is 0.214. The summed E-state index contributed by atoms with van der Waals surface area (Å²) in [5, 5.41) is 0. The van der Waals surface area contributed by atoms with Gasteiger partial charge in [-0.05, 0) is 30.3 Å². The largest absolute Gasteiger partial charge is 0.493 e. The Balaban J connectivity index is 2.43. The van der Waals surface area contributed by atoms with Crippen molar-refractivity contribution in [3.05, 3.63) is 42.1 Å². The molecule has 1 aromatic heterocycles. The molecular formula is C14H16N2O2. The normalized spacial score (nSPS) is 10.2. The van der Waals surface area contributed by atoms with E-state index in [2.05, 4.69) is 4.98 Å². The Morgan fingerprint density at radius 3 is 2.50 bits per heavy atom. The molecule has 94 valence electrons. The number of rotatable bonds is 4. The Kier molecular flexibility index (Phi) is 3.79. The van der Waals surface area contributed by atoms with Crippen LogP contribution in [0.1, 0.15) is 5.69 Å². The minimum absolute atomic E-state index is 0.432. The average Bonchev–Trinajstić information content (AvgIpc) is 2.46. The fourth-order valence-corrected chi connectivity index (χ4v) is 1.75. The fourth-order valence-electron chi connectivity index (χ4n) is 1.75. The van der Waals surface area contributed by atoms with Crippen LogP contribution in [0.15, 0.2) is 36.4 Å². The van der Waals surface area contributed by atoms with Crippen LogP contribution in [0.3, 0.4) is 0 Å². The highest BCUT2D eigenvalue weighted by Crippen LogP contribution is 2.31. The first-order chi connectivity index (χ1) is 8.78. The molecule has 0 atom stereocenters. The van der Waals surface area contributed by atoms with Gasteiger partial charge < -0.3 is 15.2 Å². The van der Waals surface area contributed by atoms with Crippen molar-refractivity contribution < 1.29 is 9.47 Å². The number of hydrogen-bond donors (Lipinski definition) is 1. The lowest BCUT2D eigenvalue weighted by Crippen LogP contribution is -2.00. The van der Waals surface area contributed by atoms with Gasteiger partial charge in [0.05, 0.1) is 25.6 Å². The quantitative estimate of drug-likeness (QED) is 0.896. The van der Waals surface area contributed by atoms with Crippen LogP contribution in [0.5, 0.6) is 11.5 Å². The third-order valence-electron chi connectivity index (χ3n) is 2.70. The predicted molar refractivity (Wildman–Crippen MR) is 70.7 cm³/mol. The molecule has 2 aromatic rings. The van der Waals surface area contributed by atoms with Crippen molar-refractivity contribution in [1.82, 2.24) is 4.98 Å². The number of methoxy groups -OCH3 is 2. The smallest absolute Gasteiger partial charge is 0.161 e. The number of pyridine rings is 1. The molecule has 0 fully saturated rings. The first-order valence-electron chi connectivity index (χ1n) is 5.67. The lowest BCUT2D eigenvalue weighted by molar-refractivity contribution is 0.355. The molecule has 0 unspecified atom stereocenters. The Labute approximate surface area is 106 Å². The zero-order chi connectivity index (χ0) is 13.0. The van der Waals surface area contributed by atoms with E-state index in [1.807, 2.05) is 36.4 Å². The minimum atomic E-state index is 0.432. The molecular weight excluding hydrogens is 228 g/mol. The van der Waals surface area contributed by atoms with E-state index in [9.17, 15) is 0 Å². The Morgan fingerprint density at radius 1 is 1.06 bits per heavy atom. The van der Waals surface area contributed by atoms with Gasteiger partial charge in [0.1, 0.15) is 0 Å². The highest BCUT2D eigenvalue weighted by molar-refractivity contribution is 5.64. The highest BCUT2D eigenvalue weighted by Gasteiger charge is 2.07. The third kappa shape index (κ3) is 2.43. The average molecular weight is 244 g/mol. The Bertz CT molecular complexity index is 541. The van der Waals surface area contributed by atoms with E-state index in [1.54, 1.807) is 14.2 Å². The monoisotopic (exact) mass is 244 g/mol. The molecule has 0 aliphatic carbocycles. The molecule has 2 rings (SSSR count). The summed E-state index contributed by atoms with van der Waals surface area (Å²) in [4.78, 5) is 4.47. The molecule has 0 saturated heterocycles. The predicted octanol–water partition coefficient (Wildman–Crippen LogP) is 2.22. The van der Waals surface area contributed by atoms with Gasteiger partial charge >= 0.3 is 0 Å². The number of aromatic nitrogens is 1. The van der Waals surface area contributed by atoms with E-state index in [1.165, 1.54) is 0 Å². The van der Waals surface area contributed by atoms with Crippen LogP contribution in [0, 0.1) is 0 Å². The summed E-state index contributed by atoms with van der Waals surface area (Å²) in [6.07, 6.45) is 0. The first-order valence-corrected chi connectivity index (χ1v) is 5.67. The summed E-state index contributed by atoms with van der Waals surface area (Å²) in [6, 6.07) is 11.5. The molecule has 18 heavy (non-hydrogen) atoms. The maximum atomic E-state index is 5.59. The van der Waals surface area contributed by atoms with E-state index in [0.717, 1.165) is 17.0 Å². The van der Waals surface area contributed by atoms with Gasteiger partial charge in [-0.15, -0.1) is 0 Å². The maximum absolute atomic E-state index is 5.59. The minimum Gasteiger partial charge on any atom is -0.493 e. The molecule has 0 spiro atoms. The summed E-state index contributed by atoms with van der Waals surface area (Å²) in [5.74, 6) is 1.39. The van der Waals surface area contributed by atoms with Gasteiger partial charge in [0.15, 0.2) is 11.5 Å². The van der Waals surface area contributed by atoms with Crippen molar-refractivity contribution in [2.24, 2.45) is 5.73 Å². The van der Waals surface area contributed by atoms with Gasteiger partial charge in [-0.1, -0.05) is 6.07 Å². The summed E-state index contributed by atoms with van der Waals surface area (Å²) in [6.45, 7) is 0.432. The second-order valence-electron chi connectivity index (χ2n) is 3.79. The zero-order valence-corrected chi connectivity index (χ0v) is 10.5. The molecule has 0 aliphatic rings. The lowest BCUT2D eigenvalue weighted by Gasteiger charge is -2.09. The van der Waals surface area contributed by atoms with E-state index in [4.69, 9.17) is 15.2 Å². The van der Waals surface area contributed by atoms with Gasteiger partial charge in [-0.3, -0.25) is 4.98 Å². The van der Waals surface area contributed by atoms with E-state index in [0.29, 0.717) is 18.0 Å². The second-order valence-corrected chi connectivity index (χ2v) is 3.79. The molecule has 0 bridgehead atoms. The van der Waals surface area contributed by atoms with Crippen LogP contribution >= 0.6 is 0 Å². The molecule has 2 N–H and O–H groups in total. The van der Waals surface area contributed by atoms with Crippen LogP contribution in [0.2, 0.25) is 0 Å². The number of hydrogen-bond acceptors (Lipinski definition) is 4. The van der Waals surface area contributed by atoms with Crippen LogP contribution in [0.25, 0.3) is 11.3 Å². The van der Waals surface area contributed by atoms with Crippen LogP contribution in [0.4, 0.5) is 0 Å². The van der Waals surface area contributed by atoms with Crippen molar-refractivity contribution in [3.63, 3.8) is 0 Å². The Morgan fingerprint density at radius 2 is 1.83 bits per heavy atom. The molecule has 0 aliphatic heterocycles. The summed E-state index contributed by atoms with van der Waals surface area (Å²) in [5.41, 5.74) is 8.30. The standard InChI is InChI=1S/C14H16N2O2/c1-17-13-7-6-10(8-14(13)18-2)12-5-3-4-11(9-15)16-12/h3-8H,9,15H2,1-2H3. The van der Waals surface area contributed by atoms with E-state index in [-0.39, 0.29) is 0 Å². The van der Waals surface area contributed by atoms with Crippen LogP contribution in [-0.4, -0.2) is 19.2 Å². The summed E-state index contributed by atoms with van der Waals surface area (Å²) in [7, 11) is 3.23. The molecule has 0 amide bonds. The van der Waals surface area contributed by atoms with Gasteiger partial charge in [0.2, 0.25) is 0 Å². The van der Waals surface area contributed by atoms with Crippen molar-refractivity contribution in [3.8, 4) is 22.8 Å². The molecule has 1 heterocycles. The van der Waals surface area contributed by atoms with Gasteiger partial charge in [0, 0.05) is 12.1 Å². The van der Waals surface area contributed by atoms with Crippen LogP contribution < -0.4 is 15.2 Å². The van der Waals surface area contributed by atoms with Gasteiger partial charge in [-0.2, -0.15) is 0 Å². The molecule has 0 saturated carbocycles. The molecule has 4 heteroatoms. The second kappa shape index (κ2) is 5.51. The number of nitrogens with zero attached hydrogens (tertiary/aromatic N) is 1. The Hall–Kier alpha value is -2.07. The summed E-state index contributed by atoms with van der Waals surface area (Å²) >= 11 is 0. The van der Waals surface area contributed by atoms with Crippen molar-refractivity contribution in [2.75, 3.05) is 14.2 Å². The van der Waals surface area contributed by atoms with Crippen molar-refractivity contribution >= 4 is 0 Å². The molecule has 4 nitrogen and oxygen atoms in total. The highest BCUT2D eigenvalue weighted by atomic mass is 16.5. The number of nitrogens with two attached hydrogens (primary N) is 1. The lowest BCUT2D eigenvalue weighted by atomic mass is 10.1. The topological polar surface area (TPSA) is 57.4 Å². The first kappa shape index (κ1) is 12.4. The number of benzene rings is 1. The maximum Gasteiger partial charge on any atom is 0.161 e. The van der Waals surface area contributed by atoms with Gasteiger partial charge in [0.25, 0.3) is 0 Å². The zero-order valence-electron chi connectivity index (χ0n) is 10.5. The van der Waals surface area contributed by atoms with Crippen molar-refractivity contribution in [1.29, 1.82) is 0 Å².